The predicted octanol–water partition coefficient (Wildman–Crippen LogP) is 1.46. The lowest BCUT2D eigenvalue weighted by Gasteiger charge is -2.26. The van der Waals surface area contributed by atoms with E-state index < -0.39 is 21.7 Å². The number of methoxy groups -OCH3 is 1. The molecule has 0 aliphatic carbocycles. The van der Waals surface area contributed by atoms with Crippen LogP contribution in [0, 0.1) is 11.7 Å². The number of nitrogens with two attached hydrogens (primary N) is 1. The molecule has 9 heteroatoms. The minimum atomic E-state index is -4.03. The Morgan fingerprint density at radius 1 is 1.37 bits per heavy atom. The maximum Gasteiger partial charge on any atom is 0.254 e. The molecule has 1 amide bonds. The maximum absolute atomic E-state index is 13.9. The molecule has 3 N–H and O–H groups in total. The van der Waals surface area contributed by atoms with Crippen molar-refractivity contribution in [3.63, 3.8) is 0 Å². The fraction of sp³-hybridized carbons (Fsp3) is 0.278. The van der Waals surface area contributed by atoms with E-state index in [1.54, 1.807) is 7.11 Å². The summed E-state index contributed by atoms with van der Waals surface area (Å²) in [5, 5.41) is 7.65. The molecular weight excluding hydrogens is 375 g/mol. The van der Waals surface area contributed by atoms with Gasteiger partial charge in [0.15, 0.2) is 11.5 Å². The van der Waals surface area contributed by atoms with E-state index in [4.69, 9.17) is 14.6 Å². The highest BCUT2D eigenvalue weighted by Gasteiger charge is 2.24. The van der Waals surface area contributed by atoms with E-state index in [-0.39, 0.29) is 22.9 Å². The van der Waals surface area contributed by atoms with Crippen LogP contribution in [0.5, 0.6) is 11.5 Å². The van der Waals surface area contributed by atoms with Crippen LogP contribution in [-0.2, 0) is 16.4 Å². The number of primary sulfonamides is 1. The molecule has 0 saturated heterocycles. The Morgan fingerprint density at radius 3 is 2.85 bits per heavy atom. The SMILES string of the molecule is COc1cccc2c1OCC(CNC(=O)c1cc(S(N)(=O)=O)ccc1F)C2. The number of hydrogen-bond acceptors (Lipinski definition) is 5. The first kappa shape index (κ1) is 19.1. The number of para-hydroxylation sites is 1. The van der Waals surface area contributed by atoms with Crippen molar-refractivity contribution in [2.45, 2.75) is 11.3 Å². The van der Waals surface area contributed by atoms with Crippen molar-refractivity contribution in [2.24, 2.45) is 11.1 Å². The Kier molecular flexibility index (Phi) is 5.33. The van der Waals surface area contributed by atoms with Gasteiger partial charge in [0, 0.05) is 12.5 Å². The van der Waals surface area contributed by atoms with Crippen molar-refractivity contribution in [3.05, 3.63) is 53.3 Å². The highest BCUT2D eigenvalue weighted by Crippen LogP contribution is 2.35. The van der Waals surface area contributed by atoms with Crippen LogP contribution in [0.3, 0.4) is 0 Å². The largest absolute Gasteiger partial charge is 0.493 e. The molecule has 0 bridgehead atoms. The number of rotatable bonds is 5. The number of benzene rings is 2. The summed E-state index contributed by atoms with van der Waals surface area (Å²) < 4.78 is 47.7. The quantitative estimate of drug-likeness (QED) is 0.798. The zero-order valence-corrected chi connectivity index (χ0v) is 15.4. The summed E-state index contributed by atoms with van der Waals surface area (Å²) in [5.74, 6) is -0.214. The van der Waals surface area contributed by atoms with Gasteiger partial charge in [-0.3, -0.25) is 4.79 Å². The Morgan fingerprint density at radius 2 is 2.15 bits per heavy atom. The van der Waals surface area contributed by atoms with Crippen LogP contribution >= 0.6 is 0 Å². The number of fused-ring (bicyclic) bond motifs is 1. The standard InChI is InChI=1S/C18H19FN2O5S/c1-25-16-4-2-3-12-7-11(10-26-17(12)16)9-21-18(22)14-8-13(27(20,23)24)5-6-15(14)19/h2-6,8,11H,7,9-10H2,1H3,(H,21,22)(H2,20,23,24). The number of halogens is 1. The second kappa shape index (κ2) is 7.53. The topological polar surface area (TPSA) is 108 Å². The van der Waals surface area contributed by atoms with Gasteiger partial charge in [-0.2, -0.15) is 0 Å². The van der Waals surface area contributed by atoms with Gasteiger partial charge in [-0.1, -0.05) is 12.1 Å². The molecule has 0 saturated carbocycles. The van der Waals surface area contributed by atoms with Gasteiger partial charge in [0.05, 0.1) is 24.2 Å². The highest BCUT2D eigenvalue weighted by atomic mass is 32.2. The number of ether oxygens (including phenoxy) is 2. The lowest BCUT2D eigenvalue weighted by Crippen LogP contribution is -2.35. The molecule has 2 aromatic carbocycles. The molecule has 1 aliphatic heterocycles. The number of nitrogens with one attached hydrogen (secondary N) is 1. The third kappa shape index (κ3) is 4.20. The van der Waals surface area contributed by atoms with Gasteiger partial charge in [0.2, 0.25) is 10.0 Å². The van der Waals surface area contributed by atoms with E-state index in [1.807, 2.05) is 18.2 Å². The van der Waals surface area contributed by atoms with Crippen molar-refractivity contribution in [2.75, 3.05) is 20.3 Å². The summed E-state index contributed by atoms with van der Waals surface area (Å²) in [6.45, 7) is 0.613. The van der Waals surface area contributed by atoms with Gasteiger partial charge in [-0.15, -0.1) is 0 Å². The summed E-state index contributed by atoms with van der Waals surface area (Å²) >= 11 is 0. The first-order valence-electron chi connectivity index (χ1n) is 8.19. The third-order valence-electron chi connectivity index (χ3n) is 4.31. The summed E-state index contributed by atoms with van der Waals surface area (Å²) in [5.41, 5.74) is 0.586. The molecule has 0 radical (unpaired) electrons. The second-order valence-corrected chi connectivity index (χ2v) is 7.79. The minimum absolute atomic E-state index is 0.0157. The summed E-state index contributed by atoms with van der Waals surface area (Å²) in [6.07, 6.45) is 0.659. The Hall–Kier alpha value is -2.65. The summed E-state index contributed by atoms with van der Waals surface area (Å²) in [6, 6.07) is 8.43. The van der Waals surface area contributed by atoms with Crippen molar-refractivity contribution < 1.29 is 27.1 Å². The van der Waals surface area contributed by atoms with E-state index >= 15 is 0 Å². The van der Waals surface area contributed by atoms with Crippen molar-refractivity contribution >= 4 is 15.9 Å². The molecule has 1 atom stereocenters. The molecule has 1 aliphatic rings. The molecule has 27 heavy (non-hydrogen) atoms. The normalized spacial score (nSPS) is 16.2. The van der Waals surface area contributed by atoms with Crippen molar-refractivity contribution in [1.29, 1.82) is 0 Å². The van der Waals surface area contributed by atoms with E-state index in [1.165, 1.54) is 0 Å². The molecule has 7 nitrogen and oxygen atoms in total. The number of sulfonamides is 1. The Bertz CT molecular complexity index is 978. The summed E-state index contributed by atoms with van der Waals surface area (Å²) in [4.78, 5) is 12.0. The molecule has 3 rings (SSSR count). The van der Waals surface area contributed by atoms with Gasteiger partial charge in [0.1, 0.15) is 5.82 Å². The van der Waals surface area contributed by atoms with Crippen LogP contribution in [0.4, 0.5) is 4.39 Å². The van der Waals surface area contributed by atoms with Crippen LogP contribution in [0.25, 0.3) is 0 Å². The molecule has 144 valence electrons. The molecule has 1 heterocycles. The lowest BCUT2D eigenvalue weighted by atomic mass is 9.96. The number of carbonyl (C=O) groups is 1. The average molecular weight is 394 g/mol. The Labute approximate surface area is 156 Å². The minimum Gasteiger partial charge on any atom is -0.493 e. The van der Waals surface area contributed by atoms with Gasteiger partial charge < -0.3 is 14.8 Å². The fourth-order valence-electron chi connectivity index (χ4n) is 2.94. The first-order valence-corrected chi connectivity index (χ1v) is 9.73. The van der Waals surface area contributed by atoms with E-state index in [0.29, 0.717) is 24.5 Å². The molecule has 1 unspecified atom stereocenters. The summed E-state index contributed by atoms with van der Waals surface area (Å²) in [7, 11) is -2.46. The maximum atomic E-state index is 13.9. The zero-order valence-electron chi connectivity index (χ0n) is 14.6. The third-order valence-corrected chi connectivity index (χ3v) is 5.23. The van der Waals surface area contributed by atoms with Crippen molar-refractivity contribution in [3.8, 4) is 11.5 Å². The molecule has 0 spiro atoms. The van der Waals surface area contributed by atoms with Crippen LogP contribution in [0.2, 0.25) is 0 Å². The molecule has 0 fully saturated rings. The first-order chi connectivity index (χ1) is 12.8. The van der Waals surface area contributed by atoms with Gasteiger partial charge in [0.25, 0.3) is 5.91 Å². The smallest absolute Gasteiger partial charge is 0.254 e. The highest BCUT2D eigenvalue weighted by molar-refractivity contribution is 7.89. The number of hydrogen-bond donors (Lipinski definition) is 2. The Balaban J connectivity index is 1.68. The fourth-order valence-corrected chi connectivity index (χ4v) is 3.48. The van der Waals surface area contributed by atoms with E-state index in [9.17, 15) is 17.6 Å². The van der Waals surface area contributed by atoms with Crippen LogP contribution < -0.4 is 19.9 Å². The van der Waals surface area contributed by atoms with Gasteiger partial charge in [-0.05, 0) is 36.2 Å². The lowest BCUT2D eigenvalue weighted by molar-refractivity contribution is 0.0934. The van der Waals surface area contributed by atoms with Gasteiger partial charge >= 0.3 is 0 Å². The van der Waals surface area contributed by atoms with Gasteiger partial charge in [-0.25, -0.2) is 17.9 Å². The van der Waals surface area contributed by atoms with Crippen LogP contribution in [-0.4, -0.2) is 34.6 Å². The number of carbonyl (C=O) groups excluding carboxylic acids is 1. The average Bonchev–Trinajstić information content (AvgIpc) is 2.64. The van der Waals surface area contributed by atoms with Crippen molar-refractivity contribution in [1.82, 2.24) is 5.32 Å². The second-order valence-electron chi connectivity index (χ2n) is 6.23. The van der Waals surface area contributed by atoms with E-state index in [2.05, 4.69) is 5.32 Å². The predicted molar refractivity (Wildman–Crippen MR) is 95.8 cm³/mol. The molecular formula is C18H19FN2O5S. The molecule has 2 aromatic rings. The number of amides is 1. The monoisotopic (exact) mass is 394 g/mol. The molecule has 0 aromatic heterocycles. The van der Waals surface area contributed by atoms with Crippen LogP contribution in [0.1, 0.15) is 15.9 Å². The zero-order chi connectivity index (χ0) is 19.6. The van der Waals surface area contributed by atoms with E-state index in [0.717, 1.165) is 23.8 Å². The van der Waals surface area contributed by atoms with Crippen LogP contribution in [0.15, 0.2) is 41.3 Å².